The van der Waals surface area contributed by atoms with E-state index in [1.54, 1.807) is 24.5 Å². The van der Waals surface area contributed by atoms with Crippen LogP contribution in [0.25, 0.3) is 5.69 Å². The van der Waals surface area contributed by atoms with Crippen LogP contribution in [0, 0.1) is 0 Å². The predicted molar refractivity (Wildman–Crippen MR) is 116 cm³/mol. The zero-order valence-electron chi connectivity index (χ0n) is 16.4. The summed E-state index contributed by atoms with van der Waals surface area (Å²) in [4.78, 5) is 19.4. The first-order valence-corrected chi connectivity index (χ1v) is 9.67. The Balaban J connectivity index is 1.61. The lowest BCUT2D eigenvalue weighted by molar-refractivity contribution is 0.0974. The minimum atomic E-state index is -0.375. The second kappa shape index (κ2) is 7.40. The monoisotopic (exact) mass is 396 g/mol. The number of para-hydroxylation sites is 3. The number of amides is 1. The third-order valence-corrected chi connectivity index (χ3v) is 5.28. The van der Waals surface area contributed by atoms with Gasteiger partial charge in [-0.05, 0) is 42.0 Å². The largest absolute Gasteiger partial charge is 0.495 e. The Hall–Kier alpha value is -4.06. The molecule has 3 aromatic carbocycles. The van der Waals surface area contributed by atoms with Crippen LogP contribution in [0.4, 0.5) is 11.4 Å². The molecule has 6 heteroatoms. The highest BCUT2D eigenvalue weighted by atomic mass is 16.5. The minimum absolute atomic E-state index is 0.0717. The Labute approximate surface area is 174 Å². The lowest BCUT2D eigenvalue weighted by Crippen LogP contribution is -2.43. The molecule has 1 N–H and O–H groups in total. The fraction of sp³-hybridized carbons (Fsp3) is 0.0833. The molecular formula is C24H20N4O2. The average molecular weight is 396 g/mol. The van der Waals surface area contributed by atoms with Crippen molar-refractivity contribution in [3.8, 4) is 11.4 Å². The van der Waals surface area contributed by atoms with Crippen LogP contribution in [0.1, 0.15) is 22.1 Å². The standard InChI is InChI=1S/C24H20N4O2/c1-30-22-9-5-4-8-21(22)28-23(26-20-7-3-2-6-19(20)24(28)29)17-10-12-18(13-11-17)27-15-14-25-16-27/h2-16,23,26H,1H3/t23-/m0/s1. The van der Waals surface area contributed by atoms with E-state index in [4.69, 9.17) is 4.74 Å². The van der Waals surface area contributed by atoms with Gasteiger partial charge in [0, 0.05) is 23.8 Å². The maximum absolute atomic E-state index is 13.5. The number of anilines is 2. The third kappa shape index (κ3) is 2.99. The van der Waals surface area contributed by atoms with Crippen molar-refractivity contribution in [3.05, 3.63) is 103 Å². The smallest absolute Gasteiger partial charge is 0.262 e. The second-order valence-corrected chi connectivity index (χ2v) is 7.00. The van der Waals surface area contributed by atoms with Gasteiger partial charge in [0.1, 0.15) is 11.9 Å². The summed E-state index contributed by atoms with van der Waals surface area (Å²) in [7, 11) is 1.61. The molecule has 4 aromatic rings. The SMILES string of the molecule is COc1ccccc1N1C(=O)c2ccccc2N[C@@H]1c1ccc(-n2ccnc2)cc1. The molecule has 1 aliphatic heterocycles. The summed E-state index contributed by atoms with van der Waals surface area (Å²) in [6, 6.07) is 23.2. The quantitative estimate of drug-likeness (QED) is 0.545. The molecule has 0 radical (unpaired) electrons. The lowest BCUT2D eigenvalue weighted by Gasteiger charge is -2.38. The van der Waals surface area contributed by atoms with Gasteiger partial charge in [-0.2, -0.15) is 0 Å². The first-order valence-electron chi connectivity index (χ1n) is 9.67. The molecule has 5 rings (SSSR count). The number of rotatable bonds is 4. The summed E-state index contributed by atoms with van der Waals surface area (Å²) in [6.45, 7) is 0. The highest BCUT2D eigenvalue weighted by Crippen LogP contribution is 2.40. The van der Waals surface area contributed by atoms with E-state index in [0.717, 1.165) is 22.6 Å². The van der Waals surface area contributed by atoms with Crippen molar-refractivity contribution >= 4 is 17.3 Å². The number of hydrogen-bond donors (Lipinski definition) is 1. The number of aromatic nitrogens is 2. The predicted octanol–water partition coefficient (Wildman–Crippen LogP) is 4.65. The van der Waals surface area contributed by atoms with E-state index in [1.165, 1.54) is 0 Å². The molecular weight excluding hydrogens is 376 g/mol. The van der Waals surface area contributed by atoms with Gasteiger partial charge in [-0.15, -0.1) is 0 Å². The van der Waals surface area contributed by atoms with Crippen LogP contribution < -0.4 is 15.0 Å². The van der Waals surface area contributed by atoms with E-state index < -0.39 is 0 Å². The van der Waals surface area contributed by atoms with Crippen molar-refractivity contribution < 1.29 is 9.53 Å². The topological polar surface area (TPSA) is 59.4 Å². The van der Waals surface area contributed by atoms with Crippen LogP contribution in [-0.4, -0.2) is 22.6 Å². The Kier molecular flexibility index (Phi) is 4.44. The van der Waals surface area contributed by atoms with E-state index in [2.05, 4.69) is 10.3 Å². The van der Waals surface area contributed by atoms with Crippen LogP contribution in [0.2, 0.25) is 0 Å². The van der Waals surface area contributed by atoms with Gasteiger partial charge in [-0.1, -0.05) is 36.4 Å². The summed E-state index contributed by atoms with van der Waals surface area (Å²) < 4.78 is 7.50. The van der Waals surface area contributed by atoms with Crippen LogP contribution in [0.15, 0.2) is 91.5 Å². The molecule has 1 aromatic heterocycles. The molecule has 6 nitrogen and oxygen atoms in total. The molecule has 0 saturated carbocycles. The molecule has 0 saturated heterocycles. The van der Waals surface area contributed by atoms with Crippen LogP contribution in [0.5, 0.6) is 5.75 Å². The molecule has 0 spiro atoms. The average Bonchev–Trinajstić information content (AvgIpc) is 3.34. The van der Waals surface area contributed by atoms with Crippen molar-refractivity contribution in [2.75, 3.05) is 17.3 Å². The Morgan fingerprint density at radius 3 is 2.50 bits per heavy atom. The fourth-order valence-corrected chi connectivity index (χ4v) is 3.80. The molecule has 1 aliphatic rings. The molecule has 30 heavy (non-hydrogen) atoms. The number of carbonyl (C=O) groups is 1. The highest BCUT2D eigenvalue weighted by molar-refractivity contribution is 6.12. The molecule has 0 bridgehead atoms. The number of nitrogens with zero attached hydrogens (tertiary/aromatic N) is 3. The number of imidazole rings is 1. The number of methoxy groups -OCH3 is 1. The third-order valence-electron chi connectivity index (χ3n) is 5.28. The minimum Gasteiger partial charge on any atom is -0.495 e. The van der Waals surface area contributed by atoms with Crippen molar-refractivity contribution in [1.82, 2.24) is 9.55 Å². The molecule has 148 valence electrons. The van der Waals surface area contributed by atoms with Crippen molar-refractivity contribution in [1.29, 1.82) is 0 Å². The summed E-state index contributed by atoms with van der Waals surface area (Å²) in [5, 5.41) is 3.53. The maximum atomic E-state index is 13.5. The second-order valence-electron chi connectivity index (χ2n) is 7.00. The zero-order valence-corrected chi connectivity index (χ0v) is 16.4. The van der Waals surface area contributed by atoms with Gasteiger partial charge in [0.2, 0.25) is 0 Å². The van der Waals surface area contributed by atoms with Crippen molar-refractivity contribution in [2.24, 2.45) is 0 Å². The van der Waals surface area contributed by atoms with E-state index in [9.17, 15) is 4.79 Å². The van der Waals surface area contributed by atoms with Gasteiger partial charge in [0.15, 0.2) is 0 Å². The molecule has 0 fully saturated rings. The van der Waals surface area contributed by atoms with Crippen molar-refractivity contribution in [3.63, 3.8) is 0 Å². The summed E-state index contributed by atoms with van der Waals surface area (Å²) >= 11 is 0. The number of hydrogen-bond acceptors (Lipinski definition) is 4. The number of ether oxygens (including phenoxy) is 1. The van der Waals surface area contributed by atoms with Crippen LogP contribution in [-0.2, 0) is 0 Å². The van der Waals surface area contributed by atoms with Gasteiger partial charge < -0.3 is 14.6 Å². The van der Waals surface area contributed by atoms with Gasteiger partial charge >= 0.3 is 0 Å². The van der Waals surface area contributed by atoms with E-state index in [0.29, 0.717) is 11.3 Å². The zero-order chi connectivity index (χ0) is 20.5. The van der Waals surface area contributed by atoms with Crippen molar-refractivity contribution in [2.45, 2.75) is 6.17 Å². The number of fused-ring (bicyclic) bond motifs is 1. The van der Waals surface area contributed by atoms with Gasteiger partial charge in [-0.25, -0.2) is 4.98 Å². The molecule has 1 amide bonds. The number of benzene rings is 3. The number of nitrogens with one attached hydrogen (secondary N) is 1. The van der Waals surface area contributed by atoms with E-state index in [-0.39, 0.29) is 12.1 Å². The van der Waals surface area contributed by atoms with Gasteiger partial charge in [0.05, 0.1) is 24.7 Å². The summed E-state index contributed by atoms with van der Waals surface area (Å²) in [5.74, 6) is 0.574. The van der Waals surface area contributed by atoms with Gasteiger partial charge in [-0.3, -0.25) is 9.69 Å². The van der Waals surface area contributed by atoms with E-state index in [1.807, 2.05) is 83.6 Å². The van der Waals surface area contributed by atoms with Gasteiger partial charge in [0.25, 0.3) is 5.91 Å². The van der Waals surface area contributed by atoms with Crippen LogP contribution >= 0.6 is 0 Å². The van der Waals surface area contributed by atoms with Crippen LogP contribution in [0.3, 0.4) is 0 Å². The number of carbonyl (C=O) groups excluding carboxylic acids is 1. The Morgan fingerprint density at radius 2 is 1.73 bits per heavy atom. The lowest BCUT2D eigenvalue weighted by atomic mass is 10.0. The summed E-state index contributed by atoms with van der Waals surface area (Å²) in [5.41, 5.74) is 4.14. The summed E-state index contributed by atoms with van der Waals surface area (Å²) in [6.07, 6.45) is 5.03. The Morgan fingerprint density at radius 1 is 0.967 bits per heavy atom. The molecule has 0 unspecified atom stereocenters. The first-order chi connectivity index (χ1) is 14.8. The molecule has 2 heterocycles. The Bertz CT molecular complexity index is 1190. The van der Waals surface area contributed by atoms with E-state index >= 15 is 0 Å². The molecule has 1 atom stereocenters. The fourth-order valence-electron chi connectivity index (χ4n) is 3.80. The molecule has 0 aliphatic carbocycles. The normalized spacial score (nSPS) is 15.4. The first kappa shape index (κ1) is 18.0. The maximum Gasteiger partial charge on any atom is 0.262 e. The highest BCUT2D eigenvalue weighted by Gasteiger charge is 2.35.